The number of nitrogens with zero attached hydrogens (tertiary/aromatic N) is 2. The van der Waals surface area contributed by atoms with Crippen LogP contribution in [0.15, 0.2) is 12.4 Å². The number of aromatic nitrogens is 2. The Hall–Kier alpha value is -1.32. The predicted octanol–water partition coefficient (Wildman–Crippen LogP) is 2.12. The highest BCUT2D eigenvalue weighted by atomic mass is 16.4. The summed E-state index contributed by atoms with van der Waals surface area (Å²) in [5.41, 5.74) is 0.112. The minimum absolute atomic E-state index is 0.112. The van der Waals surface area contributed by atoms with Gasteiger partial charge in [-0.2, -0.15) is 0 Å². The summed E-state index contributed by atoms with van der Waals surface area (Å²) in [6, 6.07) is -0.551. The Balaban J connectivity index is 2.92. The molecule has 4 heteroatoms. The van der Waals surface area contributed by atoms with Crippen molar-refractivity contribution < 1.29 is 9.90 Å². The molecule has 1 aromatic rings. The highest BCUT2D eigenvalue weighted by Crippen LogP contribution is 2.21. The molecule has 0 spiro atoms. The van der Waals surface area contributed by atoms with Gasteiger partial charge in [0.15, 0.2) is 0 Å². The summed E-state index contributed by atoms with van der Waals surface area (Å²) in [4.78, 5) is 15.1. The number of carbonyl (C=O) groups is 1. The fraction of sp³-hybridized carbons (Fsp3) is 0.636. The van der Waals surface area contributed by atoms with Crippen molar-refractivity contribution in [1.82, 2.24) is 9.55 Å². The lowest BCUT2D eigenvalue weighted by Gasteiger charge is -2.20. The van der Waals surface area contributed by atoms with Gasteiger partial charge in [-0.25, -0.2) is 9.78 Å². The minimum atomic E-state index is -0.830. The molecule has 0 aliphatic carbocycles. The number of carboxylic acid groups (broad SMARTS) is 1. The summed E-state index contributed by atoms with van der Waals surface area (Å²) >= 11 is 0. The Labute approximate surface area is 89.9 Å². The first kappa shape index (κ1) is 11.8. The zero-order valence-corrected chi connectivity index (χ0v) is 9.69. The van der Waals surface area contributed by atoms with E-state index in [1.165, 1.54) is 0 Å². The molecule has 1 rings (SSSR count). The first-order valence-electron chi connectivity index (χ1n) is 5.06. The van der Waals surface area contributed by atoms with Gasteiger partial charge in [-0.05, 0) is 12.3 Å². The molecule has 0 aromatic carbocycles. The zero-order valence-electron chi connectivity index (χ0n) is 9.69. The van der Waals surface area contributed by atoms with Crippen molar-refractivity contribution in [3.8, 4) is 0 Å². The highest BCUT2D eigenvalue weighted by Gasteiger charge is 2.20. The van der Waals surface area contributed by atoms with Crippen LogP contribution in [0, 0.1) is 5.41 Å². The van der Waals surface area contributed by atoms with Gasteiger partial charge in [0.2, 0.25) is 0 Å². The number of rotatable bonds is 3. The Morgan fingerprint density at radius 3 is 2.67 bits per heavy atom. The average Bonchev–Trinajstić information content (AvgIpc) is 2.47. The van der Waals surface area contributed by atoms with Crippen molar-refractivity contribution in [1.29, 1.82) is 0 Å². The largest absolute Gasteiger partial charge is 0.480 e. The van der Waals surface area contributed by atoms with Crippen molar-refractivity contribution in [3.63, 3.8) is 0 Å². The van der Waals surface area contributed by atoms with Crippen LogP contribution in [0.5, 0.6) is 0 Å². The zero-order chi connectivity index (χ0) is 11.6. The van der Waals surface area contributed by atoms with Gasteiger partial charge in [-0.15, -0.1) is 0 Å². The van der Waals surface area contributed by atoms with Crippen LogP contribution in [-0.4, -0.2) is 20.6 Å². The van der Waals surface area contributed by atoms with E-state index in [0.29, 0.717) is 0 Å². The van der Waals surface area contributed by atoms with E-state index in [2.05, 4.69) is 25.8 Å². The molecule has 15 heavy (non-hydrogen) atoms. The summed E-state index contributed by atoms with van der Waals surface area (Å²) in [6.45, 7) is 7.99. The van der Waals surface area contributed by atoms with E-state index < -0.39 is 12.0 Å². The van der Waals surface area contributed by atoms with Crippen LogP contribution in [0.25, 0.3) is 0 Å². The normalized spacial score (nSPS) is 13.9. The van der Waals surface area contributed by atoms with E-state index in [1.807, 2.05) is 0 Å². The van der Waals surface area contributed by atoms with Crippen molar-refractivity contribution in [2.75, 3.05) is 0 Å². The van der Waals surface area contributed by atoms with E-state index in [0.717, 1.165) is 12.2 Å². The lowest BCUT2D eigenvalue weighted by molar-refractivity contribution is -0.140. The van der Waals surface area contributed by atoms with Crippen molar-refractivity contribution >= 4 is 5.97 Å². The molecule has 0 amide bonds. The number of hydrogen-bond donors (Lipinski definition) is 1. The van der Waals surface area contributed by atoms with Crippen LogP contribution in [0.1, 0.15) is 39.6 Å². The van der Waals surface area contributed by atoms with E-state index >= 15 is 0 Å². The summed E-state index contributed by atoms with van der Waals surface area (Å²) in [6.07, 6.45) is 4.15. The fourth-order valence-corrected chi connectivity index (χ4v) is 1.43. The van der Waals surface area contributed by atoms with E-state index in [4.69, 9.17) is 5.11 Å². The molecule has 0 aliphatic rings. The van der Waals surface area contributed by atoms with Gasteiger partial charge >= 0.3 is 5.97 Å². The first-order valence-corrected chi connectivity index (χ1v) is 5.06. The topological polar surface area (TPSA) is 55.1 Å². The second-order valence-corrected chi connectivity index (χ2v) is 5.00. The molecule has 0 saturated heterocycles. The Kier molecular flexibility index (Phi) is 3.17. The molecule has 4 nitrogen and oxygen atoms in total. The fourth-order valence-electron chi connectivity index (χ4n) is 1.43. The molecule has 0 saturated carbocycles. The summed E-state index contributed by atoms with van der Waals surface area (Å²) < 4.78 is 1.72. The van der Waals surface area contributed by atoms with Gasteiger partial charge in [0, 0.05) is 18.8 Å². The second-order valence-electron chi connectivity index (χ2n) is 5.00. The van der Waals surface area contributed by atoms with Gasteiger partial charge < -0.3 is 9.67 Å². The van der Waals surface area contributed by atoms with Gasteiger partial charge in [0.05, 0.1) is 0 Å². The molecule has 1 aromatic heterocycles. The van der Waals surface area contributed by atoms with Crippen LogP contribution < -0.4 is 0 Å². The maximum Gasteiger partial charge on any atom is 0.326 e. The lowest BCUT2D eigenvalue weighted by atomic mass is 9.92. The number of imidazole rings is 1. The van der Waals surface area contributed by atoms with Crippen LogP contribution in [0.4, 0.5) is 0 Å². The number of hydrogen-bond acceptors (Lipinski definition) is 2. The van der Waals surface area contributed by atoms with Gasteiger partial charge in [-0.1, -0.05) is 20.8 Å². The monoisotopic (exact) mass is 210 g/mol. The minimum Gasteiger partial charge on any atom is -0.480 e. The van der Waals surface area contributed by atoms with E-state index in [9.17, 15) is 4.79 Å². The molecule has 1 heterocycles. The molecular weight excluding hydrogens is 192 g/mol. The van der Waals surface area contributed by atoms with Crippen molar-refractivity contribution in [2.45, 2.75) is 40.2 Å². The van der Waals surface area contributed by atoms with Gasteiger partial charge in [-0.3, -0.25) is 0 Å². The third kappa shape index (κ3) is 3.08. The van der Waals surface area contributed by atoms with Crippen molar-refractivity contribution in [3.05, 3.63) is 18.2 Å². The van der Waals surface area contributed by atoms with Crippen LogP contribution in [0.2, 0.25) is 0 Å². The number of aliphatic carboxylic acids is 1. The van der Waals surface area contributed by atoms with Crippen LogP contribution in [-0.2, 0) is 11.2 Å². The maximum absolute atomic E-state index is 10.9. The predicted molar refractivity (Wildman–Crippen MR) is 57.7 cm³/mol. The quantitative estimate of drug-likeness (QED) is 0.831. The molecule has 0 aliphatic heterocycles. The third-order valence-electron chi connectivity index (χ3n) is 2.21. The molecular formula is C11H18N2O2. The van der Waals surface area contributed by atoms with E-state index in [-0.39, 0.29) is 5.41 Å². The highest BCUT2D eigenvalue weighted by molar-refractivity contribution is 5.71. The molecule has 1 N–H and O–H groups in total. The summed E-state index contributed by atoms with van der Waals surface area (Å²) in [5, 5.41) is 8.93. The third-order valence-corrected chi connectivity index (χ3v) is 2.21. The smallest absolute Gasteiger partial charge is 0.326 e. The second kappa shape index (κ2) is 4.04. The van der Waals surface area contributed by atoms with Crippen LogP contribution >= 0.6 is 0 Å². The lowest BCUT2D eigenvalue weighted by Crippen LogP contribution is -2.20. The molecule has 0 radical (unpaired) electrons. The first-order chi connectivity index (χ1) is 6.81. The maximum atomic E-state index is 10.9. The molecule has 1 atom stereocenters. The molecule has 0 fully saturated rings. The molecule has 1 unspecified atom stereocenters. The Morgan fingerprint density at radius 1 is 1.60 bits per heavy atom. The summed E-state index contributed by atoms with van der Waals surface area (Å²) in [5.74, 6) is 0.000518. The SMILES string of the molecule is CC(C(=O)O)n1ccnc1CC(C)(C)C. The van der Waals surface area contributed by atoms with Gasteiger partial charge in [0.1, 0.15) is 11.9 Å². The average molecular weight is 210 g/mol. The van der Waals surface area contributed by atoms with Crippen LogP contribution in [0.3, 0.4) is 0 Å². The van der Waals surface area contributed by atoms with E-state index in [1.54, 1.807) is 23.9 Å². The van der Waals surface area contributed by atoms with Gasteiger partial charge in [0.25, 0.3) is 0 Å². The Morgan fingerprint density at radius 2 is 2.20 bits per heavy atom. The summed E-state index contributed by atoms with van der Waals surface area (Å²) in [7, 11) is 0. The molecule has 0 bridgehead atoms. The van der Waals surface area contributed by atoms with Crippen molar-refractivity contribution in [2.24, 2.45) is 5.41 Å². The number of carboxylic acids is 1. The molecule has 84 valence electrons. The standard InChI is InChI=1S/C11H18N2O2/c1-8(10(14)15)13-6-5-12-9(13)7-11(2,3)4/h5-6,8H,7H2,1-4H3,(H,14,15). The Bertz CT molecular complexity index is 350.